The second kappa shape index (κ2) is 9.21. The summed E-state index contributed by atoms with van der Waals surface area (Å²) in [4.78, 5) is 16.4. The molecular weight excluding hydrogens is 410 g/mol. The van der Waals surface area contributed by atoms with E-state index in [4.69, 9.17) is 9.47 Å². The lowest BCUT2D eigenvalue weighted by atomic mass is 10.0. The highest BCUT2D eigenvalue weighted by Crippen LogP contribution is 2.37. The number of amides is 1. The van der Waals surface area contributed by atoms with Gasteiger partial charge in [-0.25, -0.2) is 0 Å². The van der Waals surface area contributed by atoms with Gasteiger partial charge in [0.1, 0.15) is 11.1 Å². The number of thiophene rings is 1. The molecule has 0 radical (unpaired) electrons. The van der Waals surface area contributed by atoms with Crippen molar-refractivity contribution in [3.63, 3.8) is 0 Å². The van der Waals surface area contributed by atoms with Crippen molar-refractivity contribution in [3.8, 4) is 17.6 Å². The van der Waals surface area contributed by atoms with Gasteiger partial charge in [0.25, 0.3) is 5.91 Å². The first-order chi connectivity index (χ1) is 15.1. The van der Waals surface area contributed by atoms with Crippen LogP contribution in [0.2, 0.25) is 0 Å². The molecule has 3 aromatic rings. The molecule has 1 N–H and O–H groups in total. The predicted octanol–water partition coefficient (Wildman–Crippen LogP) is 4.45. The maximum atomic E-state index is 12.8. The summed E-state index contributed by atoms with van der Waals surface area (Å²) < 4.78 is 10.5. The Morgan fingerprint density at radius 2 is 1.94 bits per heavy atom. The van der Waals surface area contributed by atoms with Crippen LogP contribution in [0, 0.1) is 11.3 Å². The fourth-order valence-corrected chi connectivity index (χ4v) is 5.03. The number of carbonyl (C=O) groups is 1. The lowest BCUT2D eigenvalue weighted by Gasteiger charge is -2.26. The molecule has 7 heteroatoms. The lowest BCUT2D eigenvalue weighted by Crippen LogP contribution is -2.29. The van der Waals surface area contributed by atoms with E-state index in [1.807, 2.05) is 18.2 Å². The molecule has 1 aromatic heterocycles. The van der Waals surface area contributed by atoms with Gasteiger partial charge in [-0.15, -0.1) is 11.3 Å². The number of carbonyl (C=O) groups excluding carboxylic acids is 1. The zero-order valence-corrected chi connectivity index (χ0v) is 18.3. The van der Waals surface area contributed by atoms with Crippen molar-refractivity contribution >= 4 is 22.2 Å². The van der Waals surface area contributed by atoms with Gasteiger partial charge < -0.3 is 14.8 Å². The fourth-order valence-electron chi connectivity index (χ4n) is 3.79. The van der Waals surface area contributed by atoms with E-state index in [-0.39, 0.29) is 5.91 Å². The molecule has 1 aliphatic rings. The highest BCUT2D eigenvalue weighted by atomic mass is 32.1. The number of hydrogen-bond donors (Lipinski definition) is 1. The molecule has 0 aliphatic carbocycles. The van der Waals surface area contributed by atoms with Gasteiger partial charge >= 0.3 is 0 Å². The van der Waals surface area contributed by atoms with E-state index in [1.165, 1.54) is 24.0 Å². The standard InChI is InChI=1S/C24H23N3O3S/c1-29-20-9-8-17(12-21(20)30-2)23(28)26-24-19(13-25)18-10-11-27(15-22(18)31-24)14-16-6-4-3-5-7-16/h3-9,12H,10-11,14-15H2,1-2H3,(H,26,28). The number of ether oxygens (including phenoxy) is 2. The Labute approximate surface area is 185 Å². The van der Waals surface area contributed by atoms with Gasteiger partial charge in [0.05, 0.1) is 19.8 Å². The number of rotatable bonds is 6. The monoisotopic (exact) mass is 433 g/mol. The Hall–Kier alpha value is -3.34. The molecule has 158 valence electrons. The van der Waals surface area contributed by atoms with Crippen molar-refractivity contribution in [2.24, 2.45) is 0 Å². The summed E-state index contributed by atoms with van der Waals surface area (Å²) in [6, 6.07) is 17.7. The Bertz CT molecular complexity index is 1130. The topological polar surface area (TPSA) is 74.6 Å². The van der Waals surface area contributed by atoms with Crippen LogP contribution in [-0.2, 0) is 19.5 Å². The molecule has 0 atom stereocenters. The first-order valence-electron chi connectivity index (χ1n) is 9.97. The highest BCUT2D eigenvalue weighted by Gasteiger charge is 2.25. The molecular formula is C24H23N3O3S. The molecule has 2 aromatic carbocycles. The smallest absolute Gasteiger partial charge is 0.256 e. The minimum atomic E-state index is -0.280. The third-order valence-electron chi connectivity index (χ3n) is 5.37. The predicted molar refractivity (Wildman–Crippen MR) is 121 cm³/mol. The SMILES string of the molecule is COc1ccc(C(=O)Nc2sc3c(c2C#N)CCN(Cc2ccccc2)C3)cc1OC. The zero-order valence-electron chi connectivity index (χ0n) is 17.5. The van der Waals surface area contributed by atoms with Crippen molar-refractivity contribution in [1.82, 2.24) is 4.90 Å². The summed E-state index contributed by atoms with van der Waals surface area (Å²) in [5.41, 5.74) is 3.34. The largest absolute Gasteiger partial charge is 0.493 e. The zero-order chi connectivity index (χ0) is 21.8. The Kier molecular flexibility index (Phi) is 6.21. The molecule has 0 unspecified atom stereocenters. The van der Waals surface area contributed by atoms with Gasteiger partial charge in [-0.2, -0.15) is 5.26 Å². The van der Waals surface area contributed by atoms with Crippen LogP contribution in [0.4, 0.5) is 5.00 Å². The van der Waals surface area contributed by atoms with Gasteiger partial charge in [0.15, 0.2) is 11.5 Å². The van der Waals surface area contributed by atoms with Crippen LogP contribution in [0.3, 0.4) is 0 Å². The van der Waals surface area contributed by atoms with Crippen LogP contribution >= 0.6 is 11.3 Å². The van der Waals surface area contributed by atoms with Crippen molar-refractivity contribution in [1.29, 1.82) is 5.26 Å². The average molecular weight is 434 g/mol. The van der Waals surface area contributed by atoms with E-state index >= 15 is 0 Å². The number of methoxy groups -OCH3 is 2. The van der Waals surface area contributed by atoms with E-state index in [2.05, 4.69) is 28.4 Å². The molecule has 0 fully saturated rings. The van der Waals surface area contributed by atoms with E-state index in [9.17, 15) is 10.1 Å². The van der Waals surface area contributed by atoms with Crippen molar-refractivity contribution < 1.29 is 14.3 Å². The third kappa shape index (κ3) is 4.41. The Balaban J connectivity index is 1.53. The van der Waals surface area contributed by atoms with Crippen LogP contribution in [0.15, 0.2) is 48.5 Å². The molecule has 31 heavy (non-hydrogen) atoms. The van der Waals surface area contributed by atoms with Crippen LogP contribution in [0.1, 0.15) is 31.9 Å². The van der Waals surface area contributed by atoms with Crippen molar-refractivity contribution in [2.45, 2.75) is 19.5 Å². The molecule has 0 saturated carbocycles. The molecule has 4 rings (SSSR count). The molecule has 0 spiro atoms. The number of benzene rings is 2. The van der Waals surface area contributed by atoms with E-state index < -0.39 is 0 Å². The van der Waals surface area contributed by atoms with Crippen LogP contribution < -0.4 is 14.8 Å². The quantitative estimate of drug-likeness (QED) is 0.622. The van der Waals surface area contributed by atoms with Gasteiger partial charge in [-0.05, 0) is 35.7 Å². The second-order valence-electron chi connectivity index (χ2n) is 7.29. The Morgan fingerprint density at radius 3 is 2.65 bits per heavy atom. The molecule has 1 aliphatic heterocycles. The average Bonchev–Trinajstić information content (AvgIpc) is 3.15. The fraction of sp³-hybridized carbons (Fsp3) is 0.250. The number of nitrogens with one attached hydrogen (secondary N) is 1. The normalized spacial score (nSPS) is 13.2. The second-order valence-corrected chi connectivity index (χ2v) is 8.40. The molecule has 0 saturated heterocycles. The summed E-state index contributed by atoms with van der Waals surface area (Å²) in [6.45, 7) is 2.53. The van der Waals surface area contributed by atoms with Crippen LogP contribution in [0.5, 0.6) is 11.5 Å². The number of fused-ring (bicyclic) bond motifs is 1. The third-order valence-corrected chi connectivity index (χ3v) is 6.50. The van der Waals surface area contributed by atoms with E-state index in [0.717, 1.165) is 36.5 Å². The van der Waals surface area contributed by atoms with Crippen molar-refractivity contribution in [2.75, 3.05) is 26.1 Å². The summed E-state index contributed by atoms with van der Waals surface area (Å²) in [5, 5.41) is 13.3. The first-order valence-corrected chi connectivity index (χ1v) is 10.8. The summed E-state index contributed by atoms with van der Waals surface area (Å²) in [7, 11) is 3.08. The van der Waals surface area contributed by atoms with Crippen molar-refractivity contribution in [3.05, 3.63) is 75.7 Å². The van der Waals surface area contributed by atoms with Gasteiger partial charge in [-0.1, -0.05) is 30.3 Å². The molecule has 0 bridgehead atoms. The minimum absolute atomic E-state index is 0.280. The number of anilines is 1. The maximum Gasteiger partial charge on any atom is 0.256 e. The minimum Gasteiger partial charge on any atom is -0.493 e. The number of hydrogen-bond acceptors (Lipinski definition) is 6. The van der Waals surface area contributed by atoms with Crippen LogP contribution in [-0.4, -0.2) is 31.6 Å². The lowest BCUT2D eigenvalue weighted by molar-refractivity contribution is 0.102. The maximum absolute atomic E-state index is 12.8. The van der Waals surface area contributed by atoms with Gasteiger partial charge in [0, 0.05) is 30.1 Å². The molecule has 1 amide bonds. The molecule has 6 nitrogen and oxygen atoms in total. The molecule has 2 heterocycles. The summed E-state index contributed by atoms with van der Waals surface area (Å²) >= 11 is 1.49. The highest BCUT2D eigenvalue weighted by molar-refractivity contribution is 7.16. The summed E-state index contributed by atoms with van der Waals surface area (Å²) in [6.07, 6.45) is 0.799. The first kappa shape index (κ1) is 20.9. The Morgan fingerprint density at radius 1 is 1.16 bits per heavy atom. The van der Waals surface area contributed by atoms with Gasteiger partial charge in [-0.3, -0.25) is 9.69 Å². The van der Waals surface area contributed by atoms with E-state index in [1.54, 1.807) is 25.3 Å². The van der Waals surface area contributed by atoms with E-state index in [0.29, 0.717) is 27.6 Å². The summed E-state index contributed by atoms with van der Waals surface area (Å²) in [5.74, 6) is 0.761. The number of nitrogens with zero attached hydrogens (tertiary/aromatic N) is 2. The number of nitriles is 1. The van der Waals surface area contributed by atoms with Crippen LogP contribution in [0.25, 0.3) is 0 Å². The van der Waals surface area contributed by atoms with Gasteiger partial charge in [0.2, 0.25) is 0 Å².